The van der Waals surface area contributed by atoms with Crippen LogP contribution in [0.1, 0.15) is 44.6 Å². The molecule has 7 nitrogen and oxygen atoms in total. The van der Waals surface area contributed by atoms with Gasteiger partial charge in [-0.1, -0.05) is 0 Å². The van der Waals surface area contributed by atoms with Crippen molar-refractivity contribution in [3.63, 3.8) is 0 Å². The van der Waals surface area contributed by atoms with Crippen LogP contribution >= 0.6 is 24.8 Å². The minimum Gasteiger partial charge on any atom is -0.478 e. The summed E-state index contributed by atoms with van der Waals surface area (Å²) in [4.78, 5) is 30.1. The quantitative estimate of drug-likeness (QED) is 0.527. The lowest BCUT2D eigenvalue weighted by atomic mass is 9.91. The van der Waals surface area contributed by atoms with Gasteiger partial charge in [-0.3, -0.25) is 19.8 Å². The summed E-state index contributed by atoms with van der Waals surface area (Å²) >= 11 is 0. The molecule has 1 unspecified atom stereocenters. The molecule has 0 saturated carbocycles. The van der Waals surface area contributed by atoms with Crippen LogP contribution in [0.2, 0.25) is 0 Å². The topological polar surface area (TPSA) is 83.6 Å². The van der Waals surface area contributed by atoms with Gasteiger partial charge in [0.1, 0.15) is 0 Å². The maximum atomic E-state index is 12.0. The lowest BCUT2D eigenvalue weighted by Gasteiger charge is -2.39. The number of piperidine rings is 1. The molecular formula is C19H30Cl2N4O3. The largest absolute Gasteiger partial charge is 0.478 e. The third-order valence-corrected chi connectivity index (χ3v) is 5.22. The predicted octanol–water partition coefficient (Wildman–Crippen LogP) is 1.90. The molecule has 158 valence electrons. The zero-order valence-corrected chi connectivity index (χ0v) is 18.0. The van der Waals surface area contributed by atoms with E-state index in [0.29, 0.717) is 37.4 Å². The third-order valence-electron chi connectivity index (χ3n) is 5.22. The molecule has 2 fully saturated rings. The molecule has 0 spiro atoms. The van der Waals surface area contributed by atoms with Crippen molar-refractivity contribution in [3.8, 4) is 5.88 Å². The number of hydrogen-bond acceptors (Lipinski definition) is 6. The first kappa shape index (κ1) is 24.6. The van der Waals surface area contributed by atoms with Crippen molar-refractivity contribution in [2.75, 3.05) is 26.2 Å². The van der Waals surface area contributed by atoms with E-state index in [1.807, 2.05) is 12.1 Å². The van der Waals surface area contributed by atoms with Crippen LogP contribution in [0.3, 0.4) is 0 Å². The van der Waals surface area contributed by atoms with Crippen molar-refractivity contribution >= 4 is 36.6 Å². The number of carbonyl (C=O) groups is 2. The first-order valence-electron chi connectivity index (χ1n) is 9.43. The van der Waals surface area contributed by atoms with Gasteiger partial charge < -0.3 is 10.1 Å². The first-order valence-corrected chi connectivity index (χ1v) is 9.43. The molecule has 3 heterocycles. The Balaban J connectivity index is 0.00000196. The van der Waals surface area contributed by atoms with E-state index >= 15 is 0 Å². The number of nitrogens with one attached hydrogen (secondary N) is 2. The van der Waals surface area contributed by atoms with E-state index in [-0.39, 0.29) is 42.5 Å². The van der Waals surface area contributed by atoms with E-state index in [9.17, 15) is 9.59 Å². The number of rotatable bonds is 6. The van der Waals surface area contributed by atoms with Crippen molar-refractivity contribution in [2.24, 2.45) is 0 Å². The predicted molar refractivity (Wildman–Crippen MR) is 112 cm³/mol. The van der Waals surface area contributed by atoms with Crippen LogP contribution in [0.5, 0.6) is 5.88 Å². The Morgan fingerprint density at radius 2 is 1.93 bits per heavy atom. The van der Waals surface area contributed by atoms with E-state index in [2.05, 4.69) is 34.4 Å². The van der Waals surface area contributed by atoms with Gasteiger partial charge in [0, 0.05) is 50.4 Å². The van der Waals surface area contributed by atoms with Crippen LogP contribution in [-0.4, -0.2) is 60.0 Å². The van der Waals surface area contributed by atoms with E-state index < -0.39 is 0 Å². The summed E-state index contributed by atoms with van der Waals surface area (Å²) in [5.41, 5.74) is 0.851. The molecule has 2 N–H and O–H groups in total. The van der Waals surface area contributed by atoms with E-state index in [1.165, 1.54) is 0 Å². The molecule has 2 aliphatic rings. The van der Waals surface area contributed by atoms with E-state index in [4.69, 9.17) is 4.74 Å². The highest BCUT2D eigenvalue weighted by Gasteiger charge is 2.28. The van der Waals surface area contributed by atoms with Crippen molar-refractivity contribution in [2.45, 2.75) is 51.1 Å². The number of pyridine rings is 1. The van der Waals surface area contributed by atoms with Crippen LogP contribution < -0.4 is 15.4 Å². The molecule has 28 heavy (non-hydrogen) atoms. The van der Waals surface area contributed by atoms with Crippen molar-refractivity contribution in [1.82, 2.24) is 20.5 Å². The second-order valence-electron chi connectivity index (χ2n) is 7.23. The fraction of sp³-hybridized carbons (Fsp3) is 0.632. The third kappa shape index (κ3) is 6.30. The minimum absolute atomic E-state index is 0. The molecule has 0 aromatic carbocycles. The van der Waals surface area contributed by atoms with Crippen LogP contribution in [0.4, 0.5) is 0 Å². The first-order chi connectivity index (χ1) is 12.5. The number of halogens is 2. The summed E-state index contributed by atoms with van der Waals surface area (Å²) in [5, 5.41) is 5.83. The van der Waals surface area contributed by atoms with Crippen molar-refractivity contribution < 1.29 is 14.3 Å². The second-order valence-corrected chi connectivity index (χ2v) is 7.23. The molecule has 2 amide bonds. The average molecular weight is 433 g/mol. The number of nitrogens with zero attached hydrogens (tertiary/aromatic N) is 2. The molecular weight excluding hydrogens is 403 g/mol. The van der Waals surface area contributed by atoms with Crippen molar-refractivity contribution in [1.29, 1.82) is 0 Å². The van der Waals surface area contributed by atoms with Gasteiger partial charge in [-0.15, -0.1) is 24.8 Å². The summed E-state index contributed by atoms with van der Waals surface area (Å²) in [6, 6.07) is 4.70. The molecule has 0 aliphatic carbocycles. The van der Waals surface area contributed by atoms with Crippen LogP contribution in [0.15, 0.2) is 18.3 Å². The fourth-order valence-corrected chi connectivity index (χ4v) is 3.77. The molecule has 0 bridgehead atoms. The summed E-state index contributed by atoms with van der Waals surface area (Å²) < 4.78 is 5.80. The highest BCUT2D eigenvalue weighted by Crippen LogP contribution is 2.26. The molecule has 1 aromatic rings. The lowest BCUT2D eigenvalue weighted by Crippen LogP contribution is -2.55. The highest BCUT2D eigenvalue weighted by molar-refractivity contribution is 6.00. The molecule has 3 atom stereocenters. The average Bonchev–Trinajstić information content (AvgIpc) is 2.61. The Hall–Kier alpha value is -1.41. The summed E-state index contributed by atoms with van der Waals surface area (Å²) in [6.45, 7) is 8.14. The number of carbonyl (C=O) groups excluding carboxylic acids is 2. The Bertz CT molecular complexity index is 652. The zero-order chi connectivity index (χ0) is 18.5. The van der Waals surface area contributed by atoms with Gasteiger partial charge in [0.2, 0.25) is 17.7 Å². The smallest absolute Gasteiger partial charge is 0.234 e. The van der Waals surface area contributed by atoms with Crippen LogP contribution in [-0.2, 0) is 9.59 Å². The molecule has 9 heteroatoms. The summed E-state index contributed by atoms with van der Waals surface area (Å²) in [6.07, 6.45) is 3.50. The lowest BCUT2D eigenvalue weighted by molar-refractivity contribution is -0.134. The van der Waals surface area contributed by atoms with E-state index in [1.54, 1.807) is 6.20 Å². The van der Waals surface area contributed by atoms with Gasteiger partial charge in [0.15, 0.2) is 0 Å². The Morgan fingerprint density at radius 3 is 2.61 bits per heavy atom. The standard InChI is InChI=1S/C19H28N4O3.2ClH/c1-13-11-20-12-14(2)23(13)8-3-9-26-18-10-15(6-7-21-18)16-4-5-17(24)22-19(16)25;;/h6-7,10,13-14,16,20H,3-5,8-9,11-12H2,1-2H3,(H,22,24,25);2*1H/t13-,14+,16?;;. The molecule has 2 saturated heterocycles. The number of imide groups is 1. The highest BCUT2D eigenvalue weighted by atomic mass is 35.5. The normalized spacial score (nSPS) is 25.3. The SMILES string of the molecule is C[C@@H]1CNC[C@H](C)N1CCCOc1cc(C2CCC(=O)NC2=O)ccn1.Cl.Cl. The summed E-state index contributed by atoms with van der Waals surface area (Å²) in [5.74, 6) is -0.206. The van der Waals surface area contributed by atoms with Gasteiger partial charge in [-0.2, -0.15) is 0 Å². The summed E-state index contributed by atoms with van der Waals surface area (Å²) in [7, 11) is 0. The Labute approximate surface area is 178 Å². The molecule has 1 aromatic heterocycles. The number of amides is 2. The number of piperazine rings is 1. The Kier molecular flexibility index (Phi) is 10.2. The van der Waals surface area contributed by atoms with Crippen LogP contribution in [0, 0.1) is 0 Å². The van der Waals surface area contributed by atoms with Crippen molar-refractivity contribution in [3.05, 3.63) is 23.9 Å². The minimum atomic E-state index is -0.305. The molecule has 0 radical (unpaired) electrons. The maximum absolute atomic E-state index is 12.0. The Morgan fingerprint density at radius 1 is 1.21 bits per heavy atom. The van der Waals surface area contributed by atoms with Gasteiger partial charge in [-0.25, -0.2) is 4.98 Å². The second kappa shape index (κ2) is 11.6. The fourth-order valence-electron chi connectivity index (χ4n) is 3.77. The zero-order valence-electron chi connectivity index (χ0n) is 16.3. The number of ether oxygens (including phenoxy) is 1. The maximum Gasteiger partial charge on any atom is 0.234 e. The monoisotopic (exact) mass is 432 g/mol. The van der Waals surface area contributed by atoms with Gasteiger partial charge in [0.25, 0.3) is 0 Å². The van der Waals surface area contributed by atoms with Gasteiger partial charge in [-0.05, 0) is 38.3 Å². The van der Waals surface area contributed by atoms with Gasteiger partial charge in [0.05, 0.1) is 12.5 Å². The number of aromatic nitrogens is 1. The van der Waals surface area contributed by atoms with E-state index in [0.717, 1.165) is 31.6 Å². The van der Waals surface area contributed by atoms with Gasteiger partial charge >= 0.3 is 0 Å². The molecule has 2 aliphatic heterocycles. The number of hydrogen-bond donors (Lipinski definition) is 2. The van der Waals surface area contributed by atoms with Crippen LogP contribution in [0.25, 0.3) is 0 Å². The molecule has 3 rings (SSSR count).